The summed E-state index contributed by atoms with van der Waals surface area (Å²) in [6.45, 7) is 0. The van der Waals surface area contributed by atoms with Crippen molar-refractivity contribution < 1.29 is 121 Å². The standard InChI is InChI=1S/C12HCl2F21O6/c13-3(17,7(23,24)25)8(26,27)39-10(30,31)6(14,22)38-11(32,33)41-12(34,35)40-9(28,29)5(20,21)4(18,19)2(15,16)1(36)37/h(H,36,37). The molecule has 2 unspecified atom stereocenters. The molecular formula is C12HCl2F21O6. The van der Waals surface area contributed by atoms with Crippen LogP contribution in [-0.4, -0.2) is 76.4 Å². The van der Waals surface area contributed by atoms with Gasteiger partial charge in [0.25, 0.3) is 0 Å². The van der Waals surface area contributed by atoms with E-state index in [1.165, 1.54) is 9.47 Å². The lowest BCUT2D eigenvalue weighted by molar-refractivity contribution is -0.589. The first-order chi connectivity index (χ1) is 17.3. The summed E-state index contributed by atoms with van der Waals surface area (Å²) >= 11 is 7.36. The minimum atomic E-state index is -8.15. The lowest BCUT2D eigenvalue weighted by atomic mass is 10.0. The second-order valence-corrected chi connectivity index (χ2v) is 7.51. The summed E-state index contributed by atoms with van der Waals surface area (Å²) in [6, 6.07) is 0. The van der Waals surface area contributed by atoms with Gasteiger partial charge in [-0.15, -0.1) is 17.6 Å². The Morgan fingerprint density at radius 1 is 0.488 bits per heavy atom. The summed E-state index contributed by atoms with van der Waals surface area (Å²) in [5.74, 6) is -27.7. The van der Waals surface area contributed by atoms with Crippen molar-refractivity contribution in [3.05, 3.63) is 0 Å². The van der Waals surface area contributed by atoms with Gasteiger partial charge in [-0.2, -0.15) is 70.2 Å². The average Bonchev–Trinajstić information content (AvgIpc) is 2.62. The summed E-state index contributed by atoms with van der Waals surface area (Å²) in [7, 11) is 0. The van der Waals surface area contributed by atoms with Crippen LogP contribution < -0.4 is 0 Å². The minimum absolute atomic E-state index is 1.35. The highest BCUT2D eigenvalue weighted by Crippen LogP contribution is 2.56. The van der Waals surface area contributed by atoms with Crippen LogP contribution in [0, 0.1) is 0 Å². The Bertz CT molecular complexity index is 963. The van der Waals surface area contributed by atoms with E-state index in [0.29, 0.717) is 0 Å². The number of halogens is 23. The highest BCUT2D eigenvalue weighted by Gasteiger charge is 2.85. The van der Waals surface area contributed by atoms with Gasteiger partial charge in [0.2, 0.25) is 0 Å². The Balaban J connectivity index is 6.11. The minimum Gasteiger partial charge on any atom is -0.477 e. The molecule has 0 rings (SSSR count). The molecule has 0 heterocycles. The molecule has 0 saturated heterocycles. The van der Waals surface area contributed by atoms with Crippen LogP contribution in [0.3, 0.4) is 0 Å². The van der Waals surface area contributed by atoms with E-state index >= 15 is 0 Å². The van der Waals surface area contributed by atoms with Crippen LogP contribution in [0.4, 0.5) is 92.2 Å². The van der Waals surface area contributed by atoms with Crippen molar-refractivity contribution in [3.63, 3.8) is 0 Å². The molecule has 0 aromatic heterocycles. The molecule has 0 aliphatic carbocycles. The number of carbonyl (C=O) groups is 1. The normalized spacial score (nSPS) is 18.6. The van der Waals surface area contributed by atoms with Crippen LogP contribution >= 0.6 is 23.2 Å². The highest BCUT2D eigenvalue weighted by molar-refractivity contribution is 6.24. The molecule has 0 aliphatic rings. The first-order valence-corrected chi connectivity index (χ1v) is 8.91. The third kappa shape index (κ3) is 7.50. The molecular weight excluding hydrogens is 710 g/mol. The molecule has 0 fully saturated rings. The van der Waals surface area contributed by atoms with Gasteiger partial charge in [-0.1, -0.05) is 11.6 Å². The molecule has 0 bridgehead atoms. The lowest BCUT2D eigenvalue weighted by Gasteiger charge is -2.37. The second kappa shape index (κ2) is 10.5. The van der Waals surface area contributed by atoms with Crippen molar-refractivity contribution in [2.75, 3.05) is 0 Å². The highest BCUT2D eigenvalue weighted by atomic mass is 35.5. The number of ether oxygens (including phenoxy) is 4. The molecule has 29 heteroatoms. The summed E-state index contributed by atoms with van der Waals surface area (Å²) in [6.07, 6.45) is -44.4. The van der Waals surface area contributed by atoms with Crippen molar-refractivity contribution in [1.29, 1.82) is 0 Å². The largest absolute Gasteiger partial charge is 0.496 e. The Hall–Kier alpha value is -1.58. The number of hydrogen-bond acceptors (Lipinski definition) is 5. The van der Waals surface area contributed by atoms with Crippen LogP contribution in [0.15, 0.2) is 0 Å². The van der Waals surface area contributed by atoms with Gasteiger partial charge in [0, 0.05) is 0 Å². The maximum atomic E-state index is 13.6. The fourth-order valence-electron chi connectivity index (χ4n) is 1.57. The third-order valence-electron chi connectivity index (χ3n) is 3.47. The van der Waals surface area contributed by atoms with Gasteiger partial charge in [0.05, 0.1) is 0 Å². The van der Waals surface area contributed by atoms with Gasteiger partial charge in [0.15, 0.2) is 0 Å². The molecule has 0 saturated carbocycles. The summed E-state index contributed by atoms with van der Waals surface area (Å²) in [4.78, 5) is 9.93. The quantitative estimate of drug-likeness (QED) is 0.116. The molecule has 2 atom stereocenters. The van der Waals surface area contributed by atoms with Crippen LogP contribution in [0.1, 0.15) is 0 Å². The molecule has 246 valence electrons. The summed E-state index contributed by atoms with van der Waals surface area (Å²) in [5, 5.41) is -5.85. The van der Waals surface area contributed by atoms with Gasteiger partial charge < -0.3 is 5.11 Å². The predicted octanol–water partition coefficient (Wildman–Crippen LogP) is 7.25. The van der Waals surface area contributed by atoms with E-state index in [-0.39, 0.29) is 0 Å². The van der Waals surface area contributed by atoms with Crippen LogP contribution in [0.5, 0.6) is 0 Å². The SMILES string of the molecule is O=C(O)C(F)(F)C(F)(F)C(F)(F)C(F)(F)OC(F)(F)OC(F)(F)OC(F)(Cl)C(F)(F)OC(F)(F)C(F)(Cl)C(F)(F)F. The number of aliphatic carboxylic acids is 1. The Kier molecular flexibility index (Phi) is 10.1. The maximum absolute atomic E-state index is 13.6. The zero-order valence-corrected chi connectivity index (χ0v) is 18.7. The number of alkyl halides is 23. The van der Waals surface area contributed by atoms with Crippen molar-refractivity contribution >= 4 is 29.2 Å². The van der Waals surface area contributed by atoms with Gasteiger partial charge in [0.1, 0.15) is 0 Å². The van der Waals surface area contributed by atoms with E-state index in [1.807, 2.05) is 0 Å². The van der Waals surface area contributed by atoms with Crippen LogP contribution in [0.25, 0.3) is 0 Å². The Morgan fingerprint density at radius 3 is 1.20 bits per heavy atom. The molecule has 0 spiro atoms. The average molecular weight is 711 g/mol. The summed E-state index contributed by atoms with van der Waals surface area (Å²) in [5.41, 5.74) is 0. The first kappa shape index (κ1) is 39.4. The van der Waals surface area contributed by atoms with E-state index in [9.17, 15) is 97.0 Å². The zero-order valence-electron chi connectivity index (χ0n) is 17.2. The monoisotopic (exact) mass is 710 g/mol. The summed E-state index contributed by atoms with van der Waals surface area (Å²) < 4.78 is 279. The van der Waals surface area contributed by atoms with Crippen molar-refractivity contribution in [2.45, 2.75) is 65.3 Å². The van der Waals surface area contributed by atoms with Crippen molar-refractivity contribution in [3.8, 4) is 0 Å². The Morgan fingerprint density at radius 2 is 0.854 bits per heavy atom. The lowest BCUT2D eigenvalue weighted by Crippen LogP contribution is -2.66. The number of carboxylic acids is 1. The topological polar surface area (TPSA) is 74.2 Å². The maximum Gasteiger partial charge on any atom is 0.496 e. The van der Waals surface area contributed by atoms with Crippen molar-refractivity contribution in [1.82, 2.24) is 0 Å². The van der Waals surface area contributed by atoms with E-state index in [0.717, 1.165) is 0 Å². The predicted molar refractivity (Wildman–Crippen MR) is 77.0 cm³/mol. The van der Waals surface area contributed by atoms with Gasteiger partial charge >= 0.3 is 71.3 Å². The molecule has 0 radical (unpaired) electrons. The molecule has 6 nitrogen and oxygen atoms in total. The molecule has 0 aromatic rings. The number of carboxylic acid groups (broad SMARTS) is 1. The van der Waals surface area contributed by atoms with Gasteiger partial charge in [-0.25, -0.2) is 28.1 Å². The van der Waals surface area contributed by atoms with Gasteiger partial charge in [-0.05, 0) is 11.6 Å². The molecule has 41 heavy (non-hydrogen) atoms. The fourth-order valence-corrected chi connectivity index (χ4v) is 1.73. The zero-order chi connectivity index (χ0) is 33.9. The molecule has 0 aliphatic heterocycles. The molecule has 0 aromatic carbocycles. The van der Waals surface area contributed by atoms with Crippen molar-refractivity contribution in [2.24, 2.45) is 0 Å². The van der Waals surface area contributed by atoms with Gasteiger partial charge in [-0.3, -0.25) is 0 Å². The van der Waals surface area contributed by atoms with E-state index in [2.05, 4.69) is 23.2 Å². The fraction of sp³-hybridized carbons (Fsp3) is 0.917. The number of rotatable bonds is 14. The van der Waals surface area contributed by atoms with E-state index in [1.54, 1.807) is 9.47 Å². The second-order valence-electron chi connectivity index (χ2n) is 6.50. The van der Waals surface area contributed by atoms with Crippen LogP contribution in [0.2, 0.25) is 0 Å². The van der Waals surface area contributed by atoms with Crippen LogP contribution in [-0.2, 0) is 23.7 Å². The first-order valence-electron chi connectivity index (χ1n) is 8.16. The smallest absolute Gasteiger partial charge is 0.477 e. The Labute approximate surface area is 216 Å². The van der Waals surface area contributed by atoms with E-state index in [4.69, 9.17) is 5.11 Å². The molecule has 0 amide bonds. The third-order valence-corrected chi connectivity index (χ3v) is 4.20. The number of hydrogen-bond donors (Lipinski definition) is 1. The van der Waals surface area contributed by atoms with E-state index < -0.39 is 71.3 Å². The molecule has 1 N–H and O–H groups in total.